The number of aliphatic carboxylic acids is 1. The zero-order valence-electron chi connectivity index (χ0n) is 11.5. The van der Waals surface area contributed by atoms with E-state index in [4.69, 9.17) is 0 Å². The maximum Gasteiger partial charge on any atom is 0.320 e. The largest absolute Gasteiger partial charge is 0.480 e. The minimum Gasteiger partial charge on any atom is -0.480 e. The van der Waals surface area contributed by atoms with Crippen molar-refractivity contribution in [2.24, 2.45) is 5.92 Å². The summed E-state index contributed by atoms with van der Waals surface area (Å²) in [6.45, 7) is 3.62. The number of hydrogen-bond donors (Lipinski definition) is 1. The van der Waals surface area contributed by atoms with Gasteiger partial charge < -0.3 is 5.11 Å². The molecule has 0 amide bonds. The first-order chi connectivity index (χ1) is 9.67. The highest BCUT2D eigenvalue weighted by Gasteiger charge is 2.32. The van der Waals surface area contributed by atoms with E-state index in [2.05, 4.69) is 16.8 Å². The first-order valence-corrected chi connectivity index (χ1v) is 7.93. The van der Waals surface area contributed by atoms with Crippen LogP contribution in [0.2, 0.25) is 0 Å². The highest BCUT2D eigenvalue weighted by Crippen LogP contribution is 2.27. The van der Waals surface area contributed by atoms with Crippen LogP contribution in [0.1, 0.15) is 31.9 Å². The molecule has 0 bridgehead atoms. The number of thiazole rings is 1. The second-order valence-corrected chi connectivity index (χ2v) is 6.32. The highest BCUT2D eigenvalue weighted by molar-refractivity contribution is 7.15. The van der Waals surface area contributed by atoms with Crippen LogP contribution < -0.4 is 0 Å². The van der Waals surface area contributed by atoms with E-state index in [0.717, 1.165) is 36.5 Å². The molecule has 2 atom stereocenters. The summed E-state index contributed by atoms with van der Waals surface area (Å²) >= 11 is 1.60. The topological polar surface area (TPSA) is 57.8 Å². The van der Waals surface area contributed by atoms with Gasteiger partial charge in [-0.15, -0.1) is 11.3 Å². The molecule has 6 heteroatoms. The lowest BCUT2D eigenvalue weighted by Gasteiger charge is -2.36. The third-order valence-corrected chi connectivity index (χ3v) is 4.96. The van der Waals surface area contributed by atoms with Crippen LogP contribution in [-0.4, -0.2) is 37.9 Å². The van der Waals surface area contributed by atoms with Crippen LogP contribution in [0, 0.1) is 5.92 Å². The van der Waals surface area contributed by atoms with Gasteiger partial charge in [-0.25, -0.2) is 4.98 Å². The van der Waals surface area contributed by atoms with Crippen LogP contribution in [0.5, 0.6) is 0 Å². The molecule has 5 nitrogen and oxygen atoms in total. The Balaban J connectivity index is 1.74. The number of piperidine rings is 1. The summed E-state index contributed by atoms with van der Waals surface area (Å²) in [5.74, 6) is -0.165. The molecule has 20 heavy (non-hydrogen) atoms. The molecular weight excluding hydrogens is 274 g/mol. The number of fused-ring (bicyclic) bond motifs is 1. The number of nitrogens with zero attached hydrogens (tertiary/aromatic N) is 3. The number of hydrogen-bond acceptors (Lipinski definition) is 4. The zero-order chi connectivity index (χ0) is 14.1. The van der Waals surface area contributed by atoms with Crippen molar-refractivity contribution in [3.8, 4) is 0 Å². The Kier molecular flexibility index (Phi) is 3.76. The lowest BCUT2D eigenvalue weighted by atomic mass is 9.89. The van der Waals surface area contributed by atoms with Gasteiger partial charge in [0.2, 0.25) is 0 Å². The number of carboxylic acids is 1. The van der Waals surface area contributed by atoms with Crippen LogP contribution in [-0.2, 0) is 11.3 Å². The molecule has 2 aromatic rings. The van der Waals surface area contributed by atoms with Crippen molar-refractivity contribution in [1.82, 2.24) is 14.3 Å². The summed E-state index contributed by atoms with van der Waals surface area (Å²) < 4.78 is 1.99. The Morgan fingerprint density at radius 2 is 2.45 bits per heavy atom. The first-order valence-electron chi connectivity index (χ1n) is 7.05. The number of likely N-dealkylation sites (tertiary alicyclic amines) is 1. The molecule has 0 aliphatic carbocycles. The predicted octanol–water partition coefficient (Wildman–Crippen LogP) is 2.47. The van der Waals surface area contributed by atoms with Gasteiger partial charge in [-0.3, -0.25) is 14.1 Å². The van der Waals surface area contributed by atoms with E-state index in [1.54, 1.807) is 11.3 Å². The molecule has 0 saturated carbocycles. The van der Waals surface area contributed by atoms with E-state index in [9.17, 15) is 9.90 Å². The van der Waals surface area contributed by atoms with Crippen molar-refractivity contribution in [2.45, 2.75) is 38.8 Å². The van der Waals surface area contributed by atoms with Crippen molar-refractivity contribution in [3.63, 3.8) is 0 Å². The lowest BCUT2D eigenvalue weighted by molar-refractivity contribution is -0.145. The molecule has 2 unspecified atom stereocenters. The molecule has 1 N–H and O–H groups in total. The van der Waals surface area contributed by atoms with Gasteiger partial charge in [0.25, 0.3) is 0 Å². The normalized spacial score (nSPS) is 24.2. The molecule has 0 aromatic carbocycles. The molecule has 1 aliphatic heterocycles. The summed E-state index contributed by atoms with van der Waals surface area (Å²) in [7, 11) is 0. The molecule has 3 heterocycles. The first kappa shape index (κ1) is 13.6. The van der Waals surface area contributed by atoms with Gasteiger partial charge in [0.15, 0.2) is 4.96 Å². The minimum absolute atomic E-state index is 0.367. The maximum absolute atomic E-state index is 11.5. The molecule has 1 aliphatic rings. The minimum atomic E-state index is -0.704. The van der Waals surface area contributed by atoms with Crippen molar-refractivity contribution in [1.29, 1.82) is 0 Å². The fourth-order valence-corrected chi connectivity index (χ4v) is 3.68. The molecule has 0 spiro atoms. The summed E-state index contributed by atoms with van der Waals surface area (Å²) in [6, 6.07) is -0.367. The molecule has 0 radical (unpaired) electrons. The van der Waals surface area contributed by atoms with E-state index >= 15 is 0 Å². The number of rotatable bonds is 4. The Bertz CT molecular complexity index is 578. The van der Waals surface area contributed by atoms with Crippen LogP contribution in [0.4, 0.5) is 0 Å². The SMILES string of the molecule is CCC1CCN(Cc2cn3ccsc3n2)C(C(=O)O)C1. The third kappa shape index (κ3) is 2.58. The van der Waals surface area contributed by atoms with Gasteiger partial charge in [0.1, 0.15) is 6.04 Å². The van der Waals surface area contributed by atoms with E-state index in [1.807, 2.05) is 22.2 Å². The van der Waals surface area contributed by atoms with Crippen LogP contribution >= 0.6 is 11.3 Å². The second kappa shape index (κ2) is 5.54. The molecule has 108 valence electrons. The van der Waals surface area contributed by atoms with Crippen molar-refractivity contribution in [2.75, 3.05) is 6.54 Å². The number of carboxylic acid groups (broad SMARTS) is 1. The van der Waals surface area contributed by atoms with Gasteiger partial charge in [-0.2, -0.15) is 0 Å². The molecular formula is C14H19N3O2S. The number of imidazole rings is 1. The van der Waals surface area contributed by atoms with Crippen LogP contribution in [0.3, 0.4) is 0 Å². The van der Waals surface area contributed by atoms with Gasteiger partial charge in [-0.1, -0.05) is 13.3 Å². The van der Waals surface area contributed by atoms with Crippen molar-refractivity contribution >= 4 is 22.3 Å². The predicted molar refractivity (Wildman–Crippen MR) is 77.9 cm³/mol. The second-order valence-electron chi connectivity index (χ2n) is 5.45. The van der Waals surface area contributed by atoms with E-state index in [-0.39, 0.29) is 6.04 Å². The number of aromatic nitrogens is 2. The molecule has 1 saturated heterocycles. The van der Waals surface area contributed by atoms with Gasteiger partial charge in [-0.05, 0) is 25.3 Å². The Hall–Kier alpha value is -1.40. The van der Waals surface area contributed by atoms with E-state index < -0.39 is 5.97 Å². The van der Waals surface area contributed by atoms with Crippen LogP contribution in [0.15, 0.2) is 17.8 Å². The van der Waals surface area contributed by atoms with Gasteiger partial charge in [0, 0.05) is 24.3 Å². The summed E-state index contributed by atoms with van der Waals surface area (Å²) in [4.78, 5) is 19.0. The maximum atomic E-state index is 11.5. The highest BCUT2D eigenvalue weighted by atomic mass is 32.1. The fourth-order valence-electron chi connectivity index (χ4n) is 2.96. The standard InChI is InChI=1S/C14H19N3O2S/c1-2-10-3-4-16(12(7-10)13(18)19)8-11-9-17-5-6-20-14(17)15-11/h5-6,9-10,12H,2-4,7-8H2,1H3,(H,18,19). The smallest absolute Gasteiger partial charge is 0.320 e. The molecule has 2 aromatic heterocycles. The monoisotopic (exact) mass is 293 g/mol. The Morgan fingerprint density at radius 3 is 3.15 bits per heavy atom. The van der Waals surface area contributed by atoms with Crippen molar-refractivity contribution in [3.05, 3.63) is 23.5 Å². The molecule has 3 rings (SSSR count). The number of carbonyl (C=O) groups is 1. The van der Waals surface area contributed by atoms with Crippen LogP contribution in [0.25, 0.3) is 4.96 Å². The zero-order valence-corrected chi connectivity index (χ0v) is 12.3. The Labute approximate surface area is 121 Å². The lowest BCUT2D eigenvalue weighted by Crippen LogP contribution is -2.46. The average molecular weight is 293 g/mol. The third-order valence-electron chi connectivity index (χ3n) is 4.19. The Morgan fingerprint density at radius 1 is 1.60 bits per heavy atom. The van der Waals surface area contributed by atoms with Gasteiger partial charge >= 0.3 is 5.97 Å². The molecule has 1 fully saturated rings. The summed E-state index contributed by atoms with van der Waals surface area (Å²) in [5.41, 5.74) is 0.957. The average Bonchev–Trinajstić information content (AvgIpc) is 2.99. The summed E-state index contributed by atoms with van der Waals surface area (Å²) in [5, 5.41) is 11.4. The van der Waals surface area contributed by atoms with E-state index in [1.165, 1.54) is 0 Å². The fraction of sp³-hybridized carbons (Fsp3) is 0.571. The van der Waals surface area contributed by atoms with Gasteiger partial charge in [0.05, 0.1) is 5.69 Å². The quantitative estimate of drug-likeness (QED) is 0.941. The summed E-state index contributed by atoms with van der Waals surface area (Å²) in [6.07, 6.45) is 6.89. The van der Waals surface area contributed by atoms with Crippen molar-refractivity contribution < 1.29 is 9.90 Å². The van der Waals surface area contributed by atoms with E-state index in [0.29, 0.717) is 12.5 Å².